The minimum absolute atomic E-state index is 0.00491. The molecule has 0 radical (unpaired) electrons. The van der Waals surface area contributed by atoms with E-state index in [1.807, 2.05) is 0 Å². The number of sulfonamides is 1. The van der Waals surface area contributed by atoms with Crippen LogP contribution in [0.25, 0.3) is 0 Å². The van der Waals surface area contributed by atoms with Crippen molar-refractivity contribution >= 4 is 21.8 Å². The number of halogens is 1. The number of nitrogens with two attached hydrogens (primary N) is 1. The average molecular weight is 496 g/mol. The number of hydrogen-bond donors (Lipinski definition) is 1. The summed E-state index contributed by atoms with van der Waals surface area (Å²) in [7, 11) is -1.06. The molecule has 0 atom stereocenters. The Bertz CT molecular complexity index is 1130. The number of hydrogen-bond acceptors (Lipinski definition) is 7. The lowest BCUT2D eigenvalue weighted by atomic mass is 10.1. The Labute approximate surface area is 197 Å². The normalized spacial score (nSPS) is 14.9. The van der Waals surface area contributed by atoms with Crippen LogP contribution in [0.15, 0.2) is 41.3 Å². The zero-order valence-electron chi connectivity index (χ0n) is 18.8. The van der Waals surface area contributed by atoms with Crippen molar-refractivity contribution in [2.45, 2.75) is 11.3 Å². The molecule has 10 nitrogen and oxygen atoms in total. The summed E-state index contributed by atoms with van der Waals surface area (Å²) >= 11 is 0. The molecule has 2 amide bonds. The summed E-state index contributed by atoms with van der Waals surface area (Å²) in [4.78, 5) is 25.8. The summed E-state index contributed by atoms with van der Waals surface area (Å²) in [5.41, 5.74) is 5.37. The molecule has 1 heterocycles. The fourth-order valence-corrected chi connectivity index (χ4v) is 5.03. The molecule has 0 aromatic heterocycles. The number of benzene rings is 2. The van der Waals surface area contributed by atoms with Crippen molar-refractivity contribution in [3.8, 4) is 17.2 Å². The van der Waals surface area contributed by atoms with Crippen LogP contribution in [0, 0.1) is 5.82 Å². The molecule has 0 unspecified atom stereocenters. The first kappa shape index (κ1) is 25.2. The predicted octanol–water partition coefficient (Wildman–Crippen LogP) is 1.24. The third-order valence-electron chi connectivity index (χ3n) is 5.26. The highest BCUT2D eigenvalue weighted by atomic mass is 32.2. The number of rotatable bonds is 8. The van der Waals surface area contributed by atoms with Crippen LogP contribution < -0.4 is 19.9 Å². The molecule has 1 fully saturated rings. The molecule has 1 aliphatic rings. The Balaban J connectivity index is 1.79. The third-order valence-corrected chi connectivity index (χ3v) is 7.17. The van der Waals surface area contributed by atoms with Crippen LogP contribution in [-0.2, 0) is 14.8 Å². The zero-order valence-corrected chi connectivity index (χ0v) is 19.6. The van der Waals surface area contributed by atoms with E-state index in [-0.39, 0.29) is 53.2 Å². The summed E-state index contributed by atoms with van der Waals surface area (Å²) in [6, 6.07) is 7.55. The Morgan fingerprint density at radius 3 is 2.18 bits per heavy atom. The van der Waals surface area contributed by atoms with E-state index in [0.717, 1.165) is 12.1 Å². The molecular weight excluding hydrogens is 469 g/mol. The first-order chi connectivity index (χ1) is 16.2. The molecule has 1 saturated heterocycles. The van der Waals surface area contributed by atoms with Gasteiger partial charge in [0.25, 0.3) is 11.8 Å². The van der Waals surface area contributed by atoms with Crippen molar-refractivity contribution in [1.29, 1.82) is 0 Å². The maximum Gasteiger partial charge on any atom is 0.255 e. The van der Waals surface area contributed by atoms with Crippen molar-refractivity contribution in [2.75, 3.05) is 47.0 Å². The molecule has 3 rings (SSSR count). The molecule has 2 N–H and O–H groups in total. The first-order valence-electron chi connectivity index (χ1n) is 10.4. The van der Waals surface area contributed by atoms with E-state index < -0.39 is 28.4 Å². The number of nitrogens with zero attached hydrogens (tertiary/aromatic N) is 2. The van der Waals surface area contributed by atoms with Crippen molar-refractivity contribution < 1.29 is 36.6 Å². The minimum Gasteiger partial charge on any atom is -0.493 e. The smallest absolute Gasteiger partial charge is 0.255 e. The molecule has 0 saturated carbocycles. The van der Waals surface area contributed by atoms with E-state index in [4.69, 9.17) is 19.9 Å². The monoisotopic (exact) mass is 495 g/mol. The van der Waals surface area contributed by atoms with Crippen molar-refractivity contribution in [1.82, 2.24) is 9.21 Å². The second kappa shape index (κ2) is 10.7. The maximum absolute atomic E-state index is 13.2. The molecule has 12 heteroatoms. The molecule has 0 spiro atoms. The Morgan fingerprint density at radius 1 is 1.00 bits per heavy atom. The molecule has 34 heavy (non-hydrogen) atoms. The van der Waals surface area contributed by atoms with Crippen molar-refractivity contribution in [3.05, 3.63) is 47.8 Å². The van der Waals surface area contributed by atoms with E-state index in [1.54, 1.807) is 4.90 Å². The number of ether oxygens (including phenoxy) is 3. The highest BCUT2D eigenvalue weighted by Crippen LogP contribution is 2.39. The fourth-order valence-electron chi connectivity index (χ4n) is 3.56. The highest BCUT2D eigenvalue weighted by molar-refractivity contribution is 7.89. The van der Waals surface area contributed by atoms with Gasteiger partial charge in [-0.2, -0.15) is 4.31 Å². The van der Waals surface area contributed by atoms with E-state index in [9.17, 15) is 22.4 Å². The van der Waals surface area contributed by atoms with Gasteiger partial charge in [0.1, 0.15) is 5.82 Å². The third kappa shape index (κ3) is 5.57. The summed E-state index contributed by atoms with van der Waals surface area (Å²) in [6.07, 6.45) is 0.417. The zero-order chi connectivity index (χ0) is 24.9. The van der Waals surface area contributed by atoms with Gasteiger partial charge < -0.3 is 24.8 Å². The van der Waals surface area contributed by atoms with E-state index in [1.165, 1.54) is 42.8 Å². The minimum atomic E-state index is -3.82. The van der Waals surface area contributed by atoms with Gasteiger partial charge >= 0.3 is 0 Å². The van der Waals surface area contributed by atoms with Crippen LogP contribution in [0.5, 0.6) is 17.2 Å². The molecule has 0 bridgehead atoms. The largest absolute Gasteiger partial charge is 0.493 e. The van der Waals surface area contributed by atoms with Gasteiger partial charge in [-0.25, -0.2) is 12.8 Å². The van der Waals surface area contributed by atoms with Gasteiger partial charge in [0.2, 0.25) is 15.8 Å². The number of carbonyl (C=O) groups is 2. The van der Waals surface area contributed by atoms with Gasteiger partial charge in [0.05, 0.1) is 19.1 Å². The summed E-state index contributed by atoms with van der Waals surface area (Å²) in [5.74, 6) is -1.07. The first-order valence-corrected chi connectivity index (χ1v) is 11.8. The second-order valence-corrected chi connectivity index (χ2v) is 9.41. The van der Waals surface area contributed by atoms with Crippen LogP contribution in [0.2, 0.25) is 0 Å². The van der Waals surface area contributed by atoms with Gasteiger partial charge in [-0.1, -0.05) is 0 Å². The summed E-state index contributed by atoms with van der Waals surface area (Å²) in [6.45, 7) is 0.392. The topological polar surface area (TPSA) is 128 Å². The summed E-state index contributed by atoms with van der Waals surface area (Å²) < 4.78 is 56.3. The molecule has 2 aromatic carbocycles. The van der Waals surface area contributed by atoms with Crippen LogP contribution >= 0.6 is 0 Å². The van der Waals surface area contributed by atoms with E-state index in [2.05, 4.69) is 0 Å². The SMILES string of the molecule is COc1cc(C(=O)N2CCCN(S(=O)(=O)c3ccc(F)cc3)CC2)cc(OC)c1OCC(N)=O. The number of methoxy groups -OCH3 is 2. The van der Waals surface area contributed by atoms with Gasteiger partial charge in [0, 0.05) is 31.7 Å². The van der Waals surface area contributed by atoms with Crippen LogP contribution in [0.1, 0.15) is 16.8 Å². The van der Waals surface area contributed by atoms with E-state index in [0.29, 0.717) is 13.0 Å². The van der Waals surface area contributed by atoms with E-state index >= 15 is 0 Å². The van der Waals surface area contributed by atoms with Gasteiger partial charge in [0.15, 0.2) is 18.1 Å². The quantitative estimate of drug-likeness (QED) is 0.584. The standard InChI is InChI=1S/C22H26FN3O7S/c1-31-18-12-15(13-19(32-2)21(18)33-14-20(24)27)22(28)25-8-3-9-26(11-10-25)34(29,30)17-6-4-16(23)5-7-17/h4-7,12-13H,3,8-11,14H2,1-2H3,(H2,24,27). The van der Waals surface area contributed by atoms with Crippen molar-refractivity contribution in [3.63, 3.8) is 0 Å². The van der Waals surface area contributed by atoms with Crippen molar-refractivity contribution in [2.24, 2.45) is 5.73 Å². The van der Waals surface area contributed by atoms with Gasteiger partial charge in [-0.05, 0) is 42.8 Å². The molecule has 0 aliphatic carbocycles. The Kier molecular flexibility index (Phi) is 7.94. The molecule has 2 aromatic rings. The average Bonchev–Trinajstić information content (AvgIpc) is 3.09. The second-order valence-electron chi connectivity index (χ2n) is 7.47. The van der Waals surface area contributed by atoms with Crippen LogP contribution in [0.3, 0.4) is 0 Å². The lowest BCUT2D eigenvalue weighted by molar-refractivity contribution is -0.120. The Morgan fingerprint density at radius 2 is 1.62 bits per heavy atom. The van der Waals surface area contributed by atoms with Crippen LogP contribution in [0.4, 0.5) is 4.39 Å². The summed E-state index contributed by atoms with van der Waals surface area (Å²) in [5, 5.41) is 0. The lowest BCUT2D eigenvalue weighted by Gasteiger charge is -2.23. The number of carbonyl (C=O) groups excluding carboxylic acids is 2. The van der Waals surface area contributed by atoms with Gasteiger partial charge in [-0.15, -0.1) is 0 Å². The Hall–Kier alpha value is -3.38. The number of primary amides is 1. The maximum atomic E-state index is 13.2. The number of amides is 2. The lowest BCUT2D eigenvalue weighted by Crippen LogP contribution is -2.37. The molecule has 1 aliphatic heterocycles. The molecular formula is C22H26FN3O7S. The van der Waals surface area contributed by atoms with Crippen LogP contribution in [-0.4, -0.2) is 76.4 Å². The fraction of sp³-hybridized carbons (Fsp3) is 0.364. The molecule has 184 valence electrons. The predicted molar refractivity (Wildman–Crippen MR) is 120 cm³/mol. The highest BCUT2D eigenvalue weighted by Gasteiger charge is 2.29. The van der Waals surface area contributed by atoms with Gasteiger partial charge in [-0.3, -0.25) is 9.59 Å².